The van der Waals surface area contributed by atoms with E-state index >= 15 is 0 Å². The van der Waals surface area contributed by atoms with Crippen molar-refractivity contribution in [2.24, 2.45) is 0 Å². The molecule has 0 bridgehead atoms. The molecule has 0 spiro atoms. The maximum absolute atomic E-state index is 10.5. The highest BCUT2D eigenvalue weighted by Crippen LogP contribution is 1.89. The molecular formula is C5H4N2O2. The molecule has 4 nitrogen and oxygen atoms in total. The normalized spacial score (nSPS) is 10.0. The third kappa shape index (κ3) is 1.22. The van der Waals surface area contributed by atoms with Crippen molar-refractivity contribution >= 4 is 5.97 Å². The van der Waals surface area contributed by atoms with Crippen LogP contribution in [0.5, 0.6) is 0 Å². The molecule has 46 valence electrons. The maximum atomic E-state index is 10.5. The second-order valence-electron chi connectivity index (χ2n) is 1.41. The molecular weight excluding hydrogens is 120 g/mol. The van der Waals surface area contributed by atoms with Gasteiger partial charge in [-0.05, 0) is 0 Å². The number of carbonyl (C=O) groups is 1. The molecule has 9 heavy (non-hydrogen) atoms. The molecule has 0 saturated carbocycles. The summed E-state index contributed by atoms with van der Waals surface area (Å²) in [6.45, 7) is 0. The van der Waals surface area contributed by atoms with Crippen molar-refractivity contribution in [3.63, 3.8) is 0 Å². The minimum Gasteiger partial charge on any atom is -0.478 e. The average Bonchev–Trinajstić information content (AvgIpc) is 2.05. The maximum Gasteiger partial charge on any atom is 0.338 e. The van der Waals surface area contributed by atoms with Gasteiger partial charge < -0.3 is 5.11 Å². The standard InChI is InChI=1S/C5H4N2O2/c8-5(9)4-1-6-3-7-2-4/h1-3H,(H,8,9)/i/hD. The summed E-state index contributed by atoms with van der Waals surface area (Å²) in [5, 5.41) is 3.67. The van der Waals surface area contributed by atoms with E-state index in [4.69, 9.17) is 1.43 Å². The van der Waals surface area contributed by atoms with Gasteiger partial charge in [0.15, 0.2) is 0 Å². The van der Waals surface area contributed by atoms with E-state index in [9.17, 15) is 4.79 Å². The molecule has 0 fully saturated rings. The quantitative estimate of drug-likeness (QED) is 0.581. The molecule has 0 atom stereocenters. The summed E-state index contributed by atoms with van der Waals surface area (Å²) >= 11 is 0. The number of aromatic carboxylic acids is 1. The third-order valence-corrected chi connectivity index (χ3v) is 0.796. The molecule has 0 aromatic carbocycles. The van der Waals surface area contributed by atoms with Crippen molar-refractivity contribution in [3.05, 3.63) is 24.3 Å². The number of carboxylic acids is 1. The van der Waals surface area contributed by atoms with Crippen molar-refractivity contribution in [1.29, 1.82) is 1.43 Å². The van der Waals surface area contributed by atoms with Gasteiger partial charge in [0.2, 0.25) is 0 Å². The molecule has 0 unspecified atom stereocenters. The van der Waals surface area contributed by atoms with Gasteiger partial charge in [-0.2, -0.15) is 0 Å². The first-order chi connectivity index (χ1) is 4.84. The zero-order valence-corrected chi connectivity index (χ0v) is 4.44. The Balaban J connectivity index is 2.85. The highest BCUT2D eigenvalue weighted by molar-refractivity contribution is 5.86. The second-order valence-corrected chi connectivity index (χ2v) is 1.41. The molecule has 0 aliphatic carbocycles. The fourth-order valence-corrected chi connectivity index (χ4v) is 0.405. The van der Waals surface area contributed by atoms with Gasteiger partial charge in [0.05, 0.1) is 5.56 Å². The fourth-order valence-electron chi connectivity index (χ4n) is 0.405. The summed E-state index contributed by atoms with van der Waals surface area (Å²) in [4.78, 5) is 17.6. The van der Waals surface area contributed by atoms with Crippen LogP contribution < -0.4 is 0 Å². The lowest BCUT2D eigenvalue weighted by Gasteiger charge is -1.86. The molecule has 1 N–H and O–H groups in total. The number of aromatic nitrogens is 2. The minimum atomic E-state index is -0.749. The van der Waals surface area contributed by atoms with Crippen LogP contribution in [0.1, 0.15) is 10.4 Å². The number of carboxylic acid groups (broad SMARTS) is 1. The van der Waals surface area contributed by atoms with Crippen molar-refractivity contribution in [2.45, 2.75) is 0 Å². The van der Waals surface area contributed by atoms with Crippen LogP contribution in [0.15, 0.2) is 18.7 Å². The smallest absolute Gasteiger partial charge is 0.338 e. The lowest BCUT2D eigenvalue weighted by molar-refractivity contribution is 0.0696. The second kappa shape index (κ2) is 2.21. The zero-order chi connectivity index (χ0) is 7.40. The first kappa shape index (κ1) is 4.43. The summed E-state index contributed by atoms with van der Waals surface area (Å²) in [5.74, 6) is -0.749. The van der Waals surface area contributed by atoms with Crippen LogP contribution in [0.2, 0.25) is 0 Å². The average molecular weight is 125 g/mol. The molecule has 0 radical (unpaired) electrons. The molecule has 0 amide bonds. The van der Waals surface area contributed by atoms with Crippen LogP contribution >= 0.6 is 0 Å². The Hall–Kier alpha value is -1.45. The van der Waals surface area contributed by atoms with Gasteiger partial charge in [0.25, 0.3) is 1.43 Å². The Morgan fingerprint density at radius 3 is 2.89 bits per heavy atom. The van der Waals surface area contributed by atoms with E-state index < -0.39 is 5.97 Å². The Labute approximate surface area is 52.7 Å². The SMILES string of the molecule is [2H]OC(=O)c1cncnc1. The first-order valence-electron chi connectivity index (χ1n) is 2.68. The van der Waals surface area contributed by atoms with Crippen LogP contribution in [0.3, 0.4) is 0 Å². The Morgan fingerprint density at radius 2 is 2.33 bits per heavy atom. The Kier molecular flexibility index (Phi) is 1.09. The molecule has 1 heterocycles. The first-order valence-corrected chi connectivity index (χ1v) is 2.27. The predicted molar refractivity (Wildman–Crippen MR) is 29.0 cm³/mol. The fraction of sp³-hybridized carbons (Fsp3) is 0. The van der Waals surface area contributed by atoms with Gasteiger partial charge in [0.1, 0.15) is 6.33 Å². The summed E-state index contributed by atoms with van der Waals surface area (Å²) in [7, 11) is 0. The largest absolute Gasteiger partial charge is 0.478 e. The van der Waals surface area contributed by atoms with Crippen molar-refractivity contribution in [1.82, 2.24) is 9.97 Å². The van der Waals surface area contributed by atoms with Gasteiger partial charge in [-0.25, -0.2) is 14.8 Å². The molecule has 1 aromatic heterocycles. The third-order valence-electron chi connectivity index (χ3n) is 0.796. The van der Waals surface area contributed by atoms with E-state index in [-0.39, 0.29) is 5.56 Å². The number of hydrogen-bond acceptors (Lipinski definition) is 4. The Morgan fingerprint density at radius 1 is 1.67 bits per heavy atom. The van der Waals surface area contributed by atoms with Gasteiger partial charge >= 0.3 is 5.97 Å². The van der Waals surface area contributed by atoms with Crippen molar-refractivity contribution in [2.75, 3.05) is 0 Å². The minimum absolute atomic E-state index is 0.178. The van der Waals surface area contributed by atoms with E-state index in [1.807, 2.05) is 0 Å². The number of hydrogen-bond donors (Lipinski definition) is 1. The lowest BCUT2D eigenvalue weighted by atomic mass is 10.4. The predicted octanol–water partition coefficient (Wildman–Crippen LogP) is 0.175. The van der Waals surface area contributed by atoms with Gasteiger partial charge in [-0.15, -0.1) is 0 Å². The number of rotatable bonds is 1. The molecule has 1 rings (SSSR count). The topological polar surface area (TPSA) is 63.1 Å². The van der Waals surface area contributed by atoms with Crippen LogP contribution in [0.4, 0.5) is 0 Å². The van der Waals surface area contributed by atoms with Crippen molar-refractivity contribution < 1.29 is 9.90 Å². The summed E-state index contributed by atoms with van der Waals surface area (Å²) in [5.41, 5.74) is 0.178. The van der Waals surface area contributed by atoms with Crippen LogP contribution in [0.25, 0.3) is 1.43 Å². The van der Waals surface area contributed by atoms with E-state index in [2.05, 4.69) is 15.1 Å². The van der Waals surface area contributed by atoms with E-state index in [1.54, 1.807) is 0 Å². The van der Waals surface area contributed by atoms with Crippen molar-refractivity contribution in [3.8, 4) is 0 Å². The molecule has 0 saturated heterocycles. The summed E-state index contributed by atoms with van der Waals surface area (Å²) < 4.78 is 6.24. The van der Waals surface area contributed by atoms with Crippen LogP contribution in [-0.2, 0) is 0 Å². The van der Waals surface area contributed by atoms with Gasteiger partial charge in [0, 0.05) is 12.4 Å². The van der Waals surface area contributed by atoms with Gasteiger partial charge in [-0.1, -0.05) is 0 Å². The Bertz CT molecular complexity index is 226. The highest BCUT2D eigenvalue weighted by atomic mass is 16.4. The van der Waals surface area contributed by atoms with E-state index in [0.29, 0.717) is 0 Å². The van der Waals surface area contributed by atoms with E-state index in [0.717, 1.165) is 0 Å². The molecule has 0 aliphatic heterocycles. The zero-order valence-electron chi connectivity index (χ0n) is 5.44. The van der Waals surface area contributed by atoms with E-state index in [1.165, 1.54) is 18.7 Å². The van der Waals surface area contributed by atoms with Gasteiger partial charge in [-0.3, -0.25) is 0 Å². The summed E-state index contributed by atoms with van der Waals surface area (Å²) in [6.07, 6.45) is 3.86. The highest BCUT2D eigenvalue weighted by Gasteiger charge is 1.98. The molecule has 1 aromatic rings. The monoisotopic (exact) mass is 125 g/mol. The molecule has 0 aliphatic rings. The molecule has 4 heteroatoms. The number of nitrogens with zero attached hydrogens (tertiary/aromatic N) is 2. The lowest BCUT2D eigenvalue weighted by Crippen LogP contribution is -1.96. The van der Waals surface area contributed by atoms with Crippen LogP contribution in [-0.4, -0.2) is 21.0 Å². The summed E-state index contributed by atoms with van der Waals surface area (Å²) in [6, 6.07) is 0. The van der Waals surface area contributed by atoms with Crippen LogP contribution in [0, 0.1) is 0 Å².